The van der Waals surface area contributed by atoms with Crippen LogP contribution in [-0.2, 0) is 19.5 Å². The van der Waals surface area contributed by atoms with E-state index in [0.717, 1.165) is 28.8 Å². The summed E-state index contributed by atoms with van der Waals surface area (Å²) in [5.41, 5.74) is 2.49. The van der Waals surface area contributed by atoms with Crippen molar-refractivity contribution in [1.82, 2.24) is 24.0 Å². The molecule has 0 aliphatic carbocycles. The van der Waals surface area contributed by atoms with Crippen molar-refractivity contribution in [2.45, 2.75) is 33.4 Å². The van der Waals surface area contributed by atoms with Gasteiger partial charge in [0.15, 0.2) is 5.65 Å². The maximum absolute atomic E-state index is 12.3. The van der Waals surface area contributed by atoms with Gasteiger partial charge in [0.2, 0.25) is 0 Å². The SMILES string of the molecule is CCc1nn(CC)c(Cn2nc3ccccn3c2=O)c1Br. The van der Waals surface area contributed by atoms with E-state index in [2.05, 4.69) is 33.1 Å². The zero-order valence-electron chi connectivity index (χ0n) is 12.0. The molecule has 0 spiro atoms. The van der Waals surface area contributed by atoms with Gasteiger partial charge in [-0.2, -0.15) is 5.10 Å². The number of nitrogens with zero attached hydrogens (tertiary/aromatic N) is 5. The Morgan fingerprint density at radius 1 is 1.19 bits per heavy atom. The summed E-state index contributed by atoms with van der Waals surface area (Å²) in [6.07, 6.45) is 2.57. The average molecular weight is 350 g/mol. The Balaban J connectivity index is 2.08. The first-order valence-corrected chi connectivity index (χ1v) is 7.73. The summed E-state index contributed by atoms with van der Waals surface area (Å²) < 4.78 is 5.90. The topological polar surface area (TPSA) is 57.1 Å². The molecule has 21 heavy (non-hydrogen) atoms. The van der Waals surface area contributed by atoms with Gasteiger partial charge in [-0.15, -0.1) is 5.10 Å². The first-order valence-electron chi connectivity index (χ1n) is 6.94. The molecule has 0 saturated carbocycles. The Kier molecular flexibility index (Phi) is 3.67. The van der Waals surface area contributed by atoms with Gasteiger partial charge in [0.25, 0.3) is 0 Å². The molecule has 0 saturated heterocycles. The third-order valence-electron chi connectivity index (χ3n) is 3.48. The number of aryl methyl sites for hydroxylation is 2. The lowest BCUT2D eigenvalue weighted by atomic mass is 10.3. The molecule has 0 aliphatic heterocycles. The van der Waals surface area contributed by atoms with Crippen molar-refractivity contribution >= 4 is 21.6 Å². The summed E-state index contributed by atoms with van der Waals surface area (Å²) in [4.78, 5) is 12.3. The predicted octanol–water partition coefficient (Wildman–Crippen LogP) is 2.09. The lowest BCUT2D eigenvalue weighted by molar-refractivity contribution is 0.564. The van der Waals surface area contributed by atoms with Crippen LogP contribution in [0.5, 0.6) is 0 Å². The summed E-state index contributed by atoms with van der Waals surface area (Å²) >= 11 is 3.60. The second kappa shape index (κ2) is 5.48. The number of aromatic nitrogens is 5. The molecule has 3 aromatic rings. The maximum Gasteiger partial charge on any atom is 0.350 e. The quantitative estimate of drug-likeness (QED) is 0.724. The Hall–Kier alpha value is -1.89. The van der Waals surface area contributed by atoms with Gasteiger partial charge in [-0.05, 0) is 41.4 Å². The molecule has 110 valence electrons. The highest BCUT2D eigenvalue weighted by molar-refractivity contribution is 9.10. The van der Waals surface area contributed by atoms with Crippen LogP contribution < -0.4 is 5.69 Å². The van der Waals surface area contributed by atoms with E-state index in [-0.39, 0.29) is 5.69 Å². The first-order chi connectivity index (χ1) is 10.2. The summed E-state index contributed by atoms with van der Waals surface area (Å²) in [6, 6.07) is 5.51. The molecule has 0 aliphatic rings. The second-order valence-electron chi connectivity index (χ2n) is 4.75. The molecule has 7 heteroatoms. The maximum atomic E-state index is 12.3. The standard InChI is InChI=1S/C14H16BrN5O/c1-3-10-13(15)11(19(4-2)16-10)9-20-14(21)18-8-6-5-7-12(18)17-20/h5-8H,3-4,9H2,1-2H3. The zero-order valence-corrected chi connectivity index (χ0v) is 13.5. The highest BCUT2D eigenvalue weighted by atomic mass is 79.9. The van der Waals surface area contributed by atoms with Gasteiger partial charge in [-0.25, -0.2) is 9.48 Å². The van der Waals surface area contributed by atoms with Crippen LogP contribution >= 0.6 is 15.9 Å². The van der Waals surface area contributed by atoms with Crippen LogP contribution in [0, 0.1) is 0 Å². The molecule has 0 bridgehead atoms. The normalized spacial score (nSPS) is 11.4. The lowest BCUT2D eigenvalue weighted by Crippen LogP contribution is -2.23. The van der Waals surface area contributed by atoms with Crippen molar-refractivity contribution in [3.8, 4) is 0 Å². The van der Waals surface area contributed by atoms with Gasteiger partial charge in [0.05, 0.1) is 22.4 Å². The van der Waals surface area contributed by atoms with Gasteiger partial charge in [0, 0.05) is 12.7 Å². The molecule has 0 aromatic carbocycles. The van der Waals surface area contributed by atoms with Crippen LogP contribution in [0.1, 0.15) is 25.2 Å². The van der Waals surface area contributed by atoms with E-state index in [1.165, 1.54) is 4.68 Å². The fraction of sp³-hybridized carbons (Fsp3) is 0.357. The molecule has 0 amide bonds. The number of pyridine rings is 1. The second-order valence-corrected chi connectivity index (χ2v) is 5.54. The summed E-state index contributed by atoms with van der Waals surface area (Å²) in [5.74, 6) is 0. The van der Waals surface area contributed by atoms with Crippen LogP contribution in [-0.4, -0.2) is 24.0 Å². The Morgan fingerprint density at radius 3 is 2.67 bits per heavy atom. The molecule has 0 N–H and O–H groups in total. The molecule has 6 nitrogen and oxygen atoms in total. The van der Waals surface area contributed by atoms with Crippen molar-refractivity contribution in [3.05, 3.63) is 50.7 Å². The fourth-order valence-electron chi connectivity index (χ4n) is 2.38. The van der Waals surface area contributed by atoms with E-state index in [0.29, 0.717) is 12.2 Å². The molecule has 3 aromatic heterocycles. The van der Waals surface area contributed by atoms with Crippen molar-refractivity contribution < 1.29 is 0 Å². The lowest BCUT2D eigenvalue weighted by Gasteiger charge is -2.04. The van der Waals surface area contributed by atoms with Crippen LogP contribution in [0.4, 0.5) is 0 Å². The van der Waals surface area contributed by atoms with Crippen molar-refractivity contribution in [2.75, 3.05) is 0 Å². The largest absolute Gasteiger partial charge is 0.350 e. The van der Waals surface area contributed by atoms with Crippen molar-refractivity contribution in [1.29, 1.82) is 0 Å². The Labute approximate surface area is 130 Å². The van der Waals surface area contributed by atoms with Gasteiger partial charge in [0.1, 0.15) is 0 Å². The van der Waals surface area contributed by atoms with E-state index >= 15 is 0 Å². The summed E-state index contributed by atoms with van der Waals surface area (Å²) in [5, 5.41) is 8.91. The number of fused-ring (bicyclic) bond motifs is 1. The minimum atomic E-state index is -0.139. The van der Waals surface area contributed by atoms with E-state index < -0.39 is 0 Å². The van der Waals surface area contributed by atoms with Crippen LogP contribution in [0.15, 0.2) is 33.7 Å². The number of rotatable bonds is 4. The molecular formula is C14H16BrN5O. The summed E-state index contributed by atoms with van der Waals surface area (Å²) in [6.45, 7) is 5.26. The van der Waals surface area contributed by atoms with E-state index in [1.807, 2.05) is 29.8 Å². The third-order valence-corrected chi connectivity index (χ3v) is 4.40. The van der Waals surface area contributed by atoms with Crippen LogP contribution in [0.2, 0.25) is 0 Å². The van der Waals surface area contributed by atoms with Crippen LogP contribution in [0.25, 0.3) is 5.65 Å². The van der Waals surface area contributed by atoms with Crippen molar-refractivity contribution in [2.24, 2.45) is 0 Å². The number of hydrogen-bond acceptors (Lipinski definition) is 3. The molecular weight excluding hydrogens is 334 g/mol. The average Bonchev–Trinajstić information content (AvgIpc) is 2.99. The van der Waals surface area contributed by atoms with E-state index in [9.17, 15) is 4.79 Å². The molecule has 0 fully saturated rings. The molecule has 0 unspecified atom stereocenters. The first kappa shape index (κ1) is 14.1. The fourth-order valence-corrected chi connectivity index (χ4v) is 3.07. The number of halogens is 1. The molecule has 3 rings (SSSR count). The highest BCUT2D eigenvalue weighted by Gasteiger charge is 2.16. The molecule has 0 radical (unpaired) electrons. The van der Waals surface area contributed by atoms with Gasteiger partial charge >= 0.3 is 5.69 Å². The minimum absolute atomic E-state index is 0.139. The molecule has 3 heterocycles. The van der Waals surface area contributed by atoms with E-state index in [1.54, 1.807) is 10.6 Å². The van der Waals surface area contributed by atoms with E-state index in [4.69, 9.17) is 0 Å². The Bertz CT molecular complexity index is 845. The predicted molar refractivity (Wildman–Crippen MR) is 83.5 cm³/mol. The highest BCUT2D eigenvalue weighted by Crippen LogP contribution is 2.22. The Morgan fingerprint density at radius 2 is 2.00 bits per heavy atom. The molecule has 0 atom stereocenters. The van der Waals surface area contributed by atoms with Gasteiger partial charge in [-0.1, -0.05) is 13.0 Å². The monoisotopic (exact) mass is 349 g/mol. The zero-order chi connectivity index (χ0) is 15.0. The summed E-state index contributed by atoms with van der Waals surface area (Å²) in [7, 11) is 0. The number of hydrogen-bond donors (Lipinski definition) is 0. The van der Waals surface area contributed by atoms with Crippen LogP contribution in [0.3, 0.4) is 0 Å². The van der Waals surface area contributed by atoms with Gasteiger partial charge < -0.3 is 0 Å². The van der Waals surface area contributed by atoms with Gasteiger partial charge in [-0.3, -0.25) is 9.08 Å². The smallest absolute Gasteiger partial charge is 0.267 e. The van der Waals surface area contributed by atoms with Crippen molar-refractivity contribution in [3.63, 3.8) is 0 Å². The minimum Gasteiger partial charge on any atom is -0.267 e. The third kappa shape index (κ3) is 2.31.